The predicted octanol–water partition coefficient (Wildman–Crippen LogP) is 2.65. The fourth-order valence-corrected chi connectivity index (χ4v) is 4.57. The van der Waals surface area contributed by atoms with Crippen LogP contribution in [0, 0.1) is 0 Å². The van der Waals surface area contributed by atoms with Crippen LogP contribution in [0.2, 0.25) is 0 Å². The molecule has 0 radical (unpaired) electrons. The van der Waals surface area contributed by atoms with E-state index in [9.17, 15) is 9.59 Å². The average Bonchev–Trinajstić information content (AvgIpc) is 3.41. The molecule has 0 unspecified atom stereocenters. The van der Waals surface area contributed by atoms with E-state index in [1.807, 2.05) is 18.2 Å². The Kier molecular flexibility index (Phi) is 6.54. The molecule has 3 fully saturated rings. The molecule has 158 valence electrons. The molecule has 0 aromatic heterocycles. The van der Waals surface area contributed by atoms with Gasteiger partial charge in [0.25, 0.3) is 5.91 Å². The molecule has 4 rings (SSSR count). The molecule has 7 nitrogen and oxygen atoms in total. The number of rotatable bonds is 7. The van der Waals surface area contributed by atoms with Crippen LogP contribution in [0.5, 0.6) is 5.75 Å². The zero-order valence-corrected chi connectivity index (χ0v) is 17.0. The second kappa shape index (κ2) is 9.48. The molecule has 7 heteroatoms. The van der Waals surface area contributed by atoms with E-state index < -0.39 is 0 Å². The van der Waals surface area contributed by atoms with Crippen LogP contribution in [-0.4, -0.2) is 73.3 Å². The fourth-order valence-electron chi connectivity index (χ4n) is 4.57. The number of amides is 2. The smallest absolute Gasteiger partial charge is 0.409 e. The molecule has 1 aromatic carbocycles. The lowest BCUT2D eigenvalue weighted by Gasteiger charge is -2.36. The van der Waals surface area contributed by atoms with Gasteiger partial charge in [-0.25, -0.2) is 4.79 Å². The van der Waals surface area contributed by atoms with Crippen molar-refractivity contribution in [1.82, 2.24) is 15.1 Å². The van der Waals surface area contributed by atoms with Gasteiger partial charge >= 0.3 is 6.09 Å². The number of cyclic esters (lactones) is 1. The van der Waals surface area contributed by atoms with Crippen molar-refractivity contribution in [3.05, 3.63) is 29.8 Å². The predicted molar refractivity (Wildman–Crippen MR) is 109 cm³/mol. The van der Waals surface area contributed by atoms with E-state index in [0.717, 1.165) is 37.7 Å². The molecule has 1 N–H and O–H groups in total. The van der Waals surface area contributed by atoms with Crippen molar-refractivity contribution in [3.8, 4) is 5.75 Å². The summed E-state index contributed by atoms with van der Waals surface area (Å²) in [4.78, 5) is 28.1. The number of hydrogen-bond donors (Lipinski definition) is 1. The molecule has 1 aromatic rings. The van der Waals surface area contributed by atoms with Crippen LogP contribution in [-0.2, 0) is 4.74 Å². The quantitative estimate of drug-likeness (QED) is 0.761. The molecular weight excluding hydrogens is 370 g/mol. The summed E-state index contributed by atoms with van der Waals surface area (Å²) in [6.07, 6.45) is 7.43. The lowest BCUT2D eigenvalue weighted by Crippen LogP contribution is -2.43. The Labute approximate surface area is 172 Å². The Morgan fingerprint density at radius 3 is 2.66 bits per heavy atom. The Hall–Kier alpha value is -2.28. The van der Waals surface area contributed by atoms with E-state index in [2.05, 4.69) is 10.2 Å². The zero-order valence-electron chi connectivity index (χ0n) is 17.0. The highest BCUT2D eigenvalue weighted by atomic mass is 16.6. The number of carbonyl (C=O) groups is 2. The van der Waals surface area contributed by atoms with E-state index in [1.54, 1.807) is 11.0 Å². The van der Waals surface area contributed by atoms with E-state index in [1.165, 1.54) is 25.7 Å². The van der Waals surface area contributed by atoms with Gasteiger partial charge in [0.15, 0.2) is 0 Å². The SMILES string of the molecule is O=C(NCCN1CCOC1=O)c1cccc(OC2CCN(C3CCCC3)CC2)c1. The van der Waals surface area contributed by atoms with Crippen molar-refractivity contribution in [2.75, 3.05) is 39.3 Å². The highest BCUT2D eigenvalue weighted by Crippen LogP contribution is 2.27. The summed E-state index contributed by atoms with van der Waals surface area (Å²) in [6, 6.07) is 8.15. The third kappa shape index (κ3) is 5.21. The van der Waals surface area contributed by atoms with E-state index in [-0.39, 0.29) is 18.1 Å². The molecule has 29 heavy (non-hydrogen) atoms. The van der Waals surface area contributed by atoms with Crippen molar-refractivity contribution in [2.45, 2.75) is 50.7 Å². The summed E-state index contributed by atoms with van der Waals surface area (Å²) in [6.45, 7) is 4.07. The largest absolute Gasteiger partial charge is 0.490 e. The summed E-state index contributed by atoms with van der Waals surface area (Å²) >= 11 is 0. The number of carbonyl (C=O) groups excluding carboxylic acids is 2. The van der Waals surface area contributed by atoms with Gasteiger partial charge in [0, 0.05) is 37.8 Å². The van der Waals surface area contributed by atoms with Gasteiger partial charge in [0.1, 0.15) is 18.5 Å². The third-order valence-corrected chi connectivity index (χ3v) is 6.23. The minimum Gasteiger partial charge on any atom is -0.490 e. The molecule has 0 spiro atoms. The maximum absolute atomic E-state index is 12.4. The molecular formula is C22H31N3O4. The van der Waals surface area contributed by atoms with E-state index in [4.69, 9.17) is 9.47 Å². The van der Waals surface area contributed by atoms with Crippen LogP contribution in [0.25, 0.3) is 0 Å². The van der Waals surface area contributed by atoms with E-state index in [0.29, 0.717) is 31.8 Å². The van der Waals surface area contributed by atoms with Gasteiger partial charge in [-0.3, -0.25) is 4.79 Å². The number of hydrogen-bond acceptors (Lipinski definition) is 5. The highest BCUT2D eigenvalue weighted by Gasteiger charge is 2.28. The van der Waals surface area contributed by atoms with Gasteiger partial charge in [0.05, 0.1) is 6.54 Å². The first kappa shape index (κ1) is 20.0. The Morgan fingerprint density at radius 1 is 1.14 bits per heavy atom. The number of nitrogens with one attached hydrogen (secondary N) is 1. The number of benzene rings is 1. The van der Waals surface area contributed by atoms with Crippen molar-refractivity contribution in [1.29, 1.82) is 0 Å². The van der Waals surface area contributed by atoms with Gasteiger partial charge in [-0.2, -0.15) is 0 Å². The number of ether oxygens (including phenoxy) is 2. The van der Waals surface area contributed by atoms with Crippen molar-refractivity contribution < 1.29 is 19.1 Å². The maximum atomic E-state index is 12.4. The minimum absolute atomic E-state index is 0.154. The lowest BCUT2D eigenvalue weighted by molar-refractivity contribution is 0.0766. The van der Waals surface area contributed by atoms with E-state index >= 15 is 0 Å². The maximum Gasteiger partial charge on any atom is 0.409 e. The number of likely N-dealkylation sites (tertiary alicyclic amines) is 1. The third-order valence-electron chi connectivity index (χ3n) is 6.23. The molecule has 1 aliphatic carbocycles. The van der Waals surface area contributed by atoms with Gasteiger partial charge in [-0.15, -0.1) is 0 Å². The molecule has 0 atom stereocenters. The first-order valence-corrected chi connectivity index (χ1v) is 10.9. The Morgan fingerprint density at radius 2 is 1.93 bits per heavy atom. The molecule has 2 aliphatic heterocycles. The molecule has 2 amide bonds. The zero-order chi connectivity index (χ0) is 20.1. The summed E-state index contributed by atoms with van der Waals surface area (Å²) in [5.41, 5.74) is 0.579. The van der Waals surface area contributed by atoms with Crippen LogP contribution in [0.1, 0.15) is 48.9 Å². The van der Waals surface area contributed by atoms with Crippen LogP contribution in [0.3, 0.4) is 0 Å². The lowest BCUT2D eigenvalue weighted by atomic mass is 10.0. The second-order valence-corrected chi connectivity index (χ2v) is 8.18. The van der Waals surface area contributed by atoms with Gasteiger partial charge in [-0.05, 0) is 43.9 Å². The first-order valence-electron chi connectivity index (χ1n) is 10.9. The second-order valence-electron chi connectivity index (χ2n) is 8.18. The molecule has 2 heterocycles. The monoisotopic (exact) mass is 401 g/mol. The van der Waals surface area contributed by atoms with Crippen molar-refractivity contribution in [2.24, 2.45) is 0 Å². The normalized spacial score (nSPS) is 21.4. The van der Waals surface area contributed by atoms with Gasteiger partial charge < -0.3 is 24.6 Å². The fraction of sp³-hybridized carbons (Fsp3) is 0.636. The summed E-state index contributed by atoms with van der Waals surface area (Å²) in [5.74, 6) is 0.596. The Bertz CT molecular complexity index is 712. The van der Waals surface area contributed by atoms with Gasteiger partial charge in [-0.1, -0.05) is 18.9 Å². The first-order chi connectivity index (χ1) is 14.2. The Balaban J connectivity index is 1.23. The summed E-state index contributed by atoms with van der Waals surface area (Å²) in [5, 5.41) is 2.86. The van der Waals surface area contributed by atoms with Crippen LogP contribution >= 0.6 is 0 Å². The van der Waals surface area contributed by atoms with Crippen LogP contribution in [0.15, 0.2) is 24.3 Å². The van der Waals surface area contributed by atoms with Crippen molar-refractivity contribution >= 4 is 12.0 Å². The summed E-state index contributed by atoms with van der Waals surface area (Å²) < 4.78 is 11.1. The summed E-state index contributed by atoms with van der Waals surface area (Å²) in [7, 11) is 0. The molecule has 3 aliphatic rings. The molecule has 1 saturated carbocycles. The van der Waals surface area contributed by atoms with Crippen LogP contribution < -0.4 is 10.1 Å². The minimum atomic E-state index is -0.311. The molecule has 2 saturated heterocycles. The topological polar surface area (TPSA) is 71.1 Å². The average molecular weight is 402 g/mol. The highest BCUT2D eigenvalue weighted by molar-refractivity contribution is 5.94. The molecule has 0 bridgehead atoms. The standard InChI is InChI=1S/C22H31N3O4/c26-21(23-10-13-25-14-15-28-22(25)27)17-4-3-7-20(16-17)29-19-8-11-24(12-9-19)18-5-1-2-6-18/h3-4,7,16,18-19H,1-2,5-6,8-15H2,(H,23,26). The number of nitrogens with zero attached hydrogens (tertiary/aromatic N) is 2. The van der Waals surface area contributed by atoms with Gasteiger partial charge in [0.2, 0.25) is 0 Å². The number of piperidine rings is 1. The van der Waals surface area contributed by atoms with Crippen LogP contribution in [0.4, 0.5) is 4.79 Å². The van der Waals surface area contributed by atoms with Crippen molar-refractivity contribution in [3.63, 3.8) is 0 Å².